The van der Waals surface area contributed by atoms with Crippen molar-refractivity contribution in [2.24, 2.45) is 5.92 Å². The number of aromatic nitrogens is 1. The molecule has 0 saturated carbocycles. The summed E-state index contributed by atoms with van der Waals surface area (Å²) in [6.45, 7) is 9.93. The van der Waals surface area contributed by atoms with Crippen molar-refractivity contribution in [1.82, 2.24) is 10.3 Å². The Morgan fingerprint density at radius 2 is 2.12 bits per heavy atom. The molecule has 0 aromatic carbocycles. The first-order valence-corrected chi connectivity index (χ1v) is 6.75. The van der Waals surface area contributed by atoms with Crippen LogP contribution in [0.25, 0.3) is 0 Å². The number of nitrogens with one attached hydrogen (secondary N) is 1. The van der Waals surface area contributed by atoms with Crippen LogP contribution >= 0.6 is 11.8 Å². The molecule has 90 valence electrons. The van der Waals surface area contributed by atoms with E-state index in [1.165, 1.54) is 0 Å². The van der Waals surface area contributed by atoms with Gasteiger partial charge in [-0.25, -0.2) is 4.98 Å². The molecule has 0 radical (unpaired) electrons. The highest BCUT2D eigenvalue weighted by atomic mass is 32.2. The van der Waals surface area contributed by atoms with Gasteiger partial charge in [-0.15, -0.1) is 11.8 Å². The minimum absolute atomic E-state index is 0.212. The smallest absolute Gasteiger partial charge is 0.0959 e. The van der Waals surface area contributed by atoms with Gasteiger partial charge in [-0.05, 0) is 45.4 Å². The summed E-state index contributed by atoms with van der Waals surface area (Å²) in [5.41, 5.74) is 0.212. The van der Waals surface area contributed by atoms with Gasteiger partial charge in [-0.2, -0.15) is 0 Å². The number of hydrogen-bond acceptors (Lipinski definition) is 3. The molecule has 1 heterocycles. The van der Waals surface area contributed by atoms with Gasteiger partial charge in [0.2, 0.25) is 0 Å². The molecule has 0 fully saturated rings. The van der Waals surface area contributed by atoms with E-state index in [-0.39, 0.29) is 5.54 Å². The maximum Gasteiger partial charge on any atom is 0.0959 e. The second kappa shape index (κ2) is 6.26. The van der Waals surface area contributed by atoms with E-state index in [1.807, 2.05) is 30.1 Å². The Morgan fingerprint density at radius 3 is 2.69 bits per heavy atom. The normalized spacial score (nSPS) is 13.8. The number of nitrogens with zero attached hydrogens (tertiary/aromatic N) is 1. The second-order valence-corrected chi connectivity index (χ2v) is 6.26. The van der Waals surface area contributed by atoms with Crippen LogP contribution in [0.2, 0.25) is 0 Å². The zero-order valence-corrected chi connectivity index (χ0v) is 11.5. The van der Waals surface area contributed by atoms with Gasteiger partial charge in [0.15, 0.2) is 0 Å². The molecule has 1 rings (SSSR count). The SMILES string of the molecule is CC(CNC(C)(C)C)CSc1ccccn1. The standard InChI is InChI=1S/C13H22N2S/c1-11(9-15-13(2,3)4)10-16-12-7-5-6-8-14-12/h5-8,11,15H,9-10H2,1-4H3. The Labute approximate surface area is 103 Å². The lowest BCUT2D eigenvalue weighted by Gasteiger charge is -2.23. The number of rotatable bonds is 5. The molecule has 1 N–H and O–H groups in total. The van der Waals surface area contributed by atoms with Crippen molar-refractivity contribution in [3.63, 3.8) is 0 Å². The van der Waals surface area contributed by atoms with Gasteiger partial charge in [0, 0.05) is 17.5 Å². The molecule has 1 atom stereocenters. The van der Waals surface area contributed by atoms with E-state index in [9.17, 15) is 0 Å². The van der Waals surface area contributed by atoms with Crippen LogP contribution in [0.5, 0.6) is 0 Å². The van der Waals surface area contributed by atoms with E-state index in [2.05, 4.69) is 44.1 Å². The highest BCUT2D eigenvalue weighted by Gasteiger charge is 2.11. The van der Waals surface area contributed by atoms with Crippen LogP contribution in [0.15, 0.2) is 29.4 Å². The van der Waals surface area contributed by atoms with Gasteiger partial charge in [0.05, 0.1) is 5.03 Å². The fourth-order valence-electron chi connectivity index (χ4n) is 1.20. The fraction of sp³-hybridized carbons (Fsp3) is 0.615. The molecular weight excluding hydrogens is 216 g/mol. The third-order valence-electron chi connectivity index (χ3n) is 2.13. The molecule has 1 aromatic heterocycles. The van der Waals surface area contributed by atoms with E-state index in [4.69, 9.17) is 0 Å². The van der Waals surface area contributed by atoms with Crippen LogP contribution in [-0.4, -0.2) is 22.8 Å². The molecule has 0 aliphatic heterocycles. The molecule has 2 nitrogen and oxygen atoms in total. The summed E-state index contributed by atoms with van der Waals surface area (Å²) in [6, 6.07) is 6.05. The minimum atomic E-state index is 0.212. The molecule has 0 aliphatic carbocycles. The molecule has 1 unspecified atom stereocenters. The highest BCUT2D eigenvalue weighted by Crippen LogP contribution is 2.17. The summed E-state index contributed by atoms with van der Waals surface area (Å²) < 4.78 is 0. The Hall–Kier alpha value is -0.540. The van der Waals surface area contributed by atoms with Crippen molar-refractivity contribution in [3.8, 4) is 0 Å². The Bertz CT molecular complexity index is 293. The zero-order chi connectivity index (χ0) is 12.0. The molecule has 0 bridgehead atoms. The van der Waals surface area contributed by atoms with Gasteiger partial charge in [0.25, 0.3) is 0 Å². The maximum absolute atomic E-state index is 4.30. The first-order chi connectivity index (χ1) is 7.47. The molecular formula is C13H22N2S. The largest absolute Gasteiger partial charge is 0.312 e. The third kappa shape index (κ3) is 6.13. The lowest BCUT2D eigenvalue weighted by Crippen LogP contribution is -2.39. The third-order valence-corrected chi connectivity index (χ3v) is 3.41. The molecule has 3 heteroatoms. The summed E-state index contributed by atoms with van der Waals surface area (Å²) in [7, 11) is 0. The highest BCUT2D eigenvalue weighted by molar-refractivity contribution is 7.99. The number of pyridine rings is 1. The van der Waals surface area contributed by atoms with Crippen LogP contribution in [0, 0.1) is 5.92 Å². The van der Waals surface area contributed by atoms with Crippen LogP contribution in [-0.2, 0) is 0 Å². The minimum Gasteiger partial charge on any atom is -0.312 e. The number of hydrogen-bond donors (Lipinski definition) is 1. The second-order valence-electron chi connectivity index (χ2n) is 5.22. The maximum atomic E-state index is 4.30. The predicted molar refractivity (Wildman–Crippen MR) is 71.9 cm³/mol. The van der Waals surface area contributed by atoms with Gasteiger partial charge < -0.3 is 5.32 Å². The fourth-order valence-corrected chi connectivity index (χ4v) is 2.08. The average molecular weight is 238 g/mol. The Morgan fingerprint density at radius 1 is 1.38 bits per heavy atom. The van der Waals surface area contributed by atoms with Crippen molar-refractivity contribution < 1.29 is 0 Å². The van der Waals surface area contributed by atoms with Crippen LogP contribution in [0.4, 0.5) is 0 Å². The van der Waals surface area contributed by atoms with Crippen LogP contribution in [0.3, 0.4) is 0 Å². The lowest BCUT2D eigenvalue weighted by atomic mass is 10.1. The topological polar surface area (TPSA) is 24.9 Å². The van der Waals surface area contributed by atoms with Crippen molar-refractivity contribution in [1.29, 1.82) is 0 Å². The van der Waals surface area contributed by atoms with E-state index >= 15 is 0 Å². The van der Waals surface area contributed by atoms with E-state index in [0.29, 0.717) is 5.92 Å². The quantitative estimate of drug-likeness (QED) is 0.797. The monoisotopic (exact) mass is 238 g/mol. The number of thioether (sulfide) groups is 1. The van der Waals surface area contributed by atoms with Gasteiger partial charge in [-0.1, -0.05) is 13.0 Å². The van der Waals surface area contributed by atoms with Crippen molar-refractivity contribution in [2.75, 3.05) is 12.3 Å². The summed E-state index contributed by atoms with van der Waals surface area (Å²) in [6.07, 6.45) is 1.85. The van der Waals surface area contributed by atoms with Gasteiger partial charge >= 0.3 is 0 Å². The van der Waals surface area contributed by atoms with Crippen molar-refractivity contribution >= 4 is 11.8 Å². The lowest BCUT2D eigenvalue weighted by molar-refractivity contribution is 0.395. The Kier molecular flexibility index (Phi) is 5.29. The molecule has 0 aliphatic rings. The van der Waals surface area contributed by atoms with Crippen molar-refractivity contribution in [2.45, 2.75) is 38.3 Å². The summed E-state index contributed by atoms with van der Waals surface area (Å²) >= 11 is 1.83. The average Bonchev–Trinajstić information content (AvgIpc) is 2.24. The predicted octanol–water partition coefficient (Wildman–Crippen LogP) is 3.20. The first-order valence-electron chi connectivity index (χ1n) is 5.76. The molecule has 0 amide bonds. The molecule has 1 aromatic rings. The van der Waals surface area contributed by atoms with E-state index < -0.39 is 0 Å². The molecule has 16 heavy (non-hydrogen) atoms. The Balaban J connectivity index is 2.23. The molecule has 0 saturated heterocycles. The summed E-state index contributed by atoms with van der Waals surface area (Å²) in [5.74, 6) is 1.77. The summed E-state index contributed by atoms with van der Waals surface area (Å²) in [4.78, 5) is 4.30. The van der Waals surface area contributed by atoms with E-state index in [0.717, 1.165) is 17.3 Å². The van der Waals surface area contributed by atoms with Gasteiger partial charge in [0.1, 0.15) is 0 Å². The van der Waals surface area contributed by atoms with Crippen LogP contribution < -0.4 is 5.32 Å². The summed E-state index contributed by atoms with van der Waals surface area (Å²) in [5, 5.41) is 4.64. The first kappa shape index (κ1) is 13.5. The zero-order valence-electron chi connectivity index (χ0n) is 10.7. The van der Waals surface area contributed by atoms with E-state index in [1.54, 1.807) is 0 Å². The van der Waals surface area contributed by atoms with Gasteiger partial charge in [-0.3, -0.25) is 0 Å². The molecule has 0 spiro atoms. The van der Waals surface area contributed by atoms with Crippen LogP contribution in [0.1, 0.15) is 27.7 Å². The van der Waals surface area contributed by atoms with Crippen molar-refractivity contribution in [3.05, 3.63) is 24.4 Å².